The quantitative estimate of drug-likeness (QED) is 0.662. The van der Waals surface area contributed by atoms with Gasteiger partial charge in [0.1, 0.15) is 11.2 Å². The molecule has 0 atom stereocenters. The van der Waals surface area contributed by atoms with Crippen LogP contribution in [0.25, 0.3) is 10.9 Å². The molecule has 0 amide bonds. The molecule has 0 aromatic carbocycles. The van der Waals surface area contributed by atoms with Crippen molar-refractivity contribution in [3.05, 3.63) is 40.4 Å². The van der Waals surface area contributed by atoms with Gasteiger partial charge in [-0.2, -0.15) is 0 Å². The SMILES string of the molecule is COC(=O)c1cc2cccnc2c(=O)n1C. The van der Waals surface area contributed by atoms with Crippen LogP contribution in [-0.4, -0.2) is 22.6 Å². The lowest BCUT2D eigenvalue weighted by atomic mass is 10.2. The van der Waals surface area contributed by atoms with Gasteiger partial charge in [0, 0.05) is 18.6 Å². The zero-order valence-electron chi connectivity index (χ0n) is 8.93. The first-order chi connectivity index (χ1) is 7.65. The average molecular weight is 218 g/mol. The number of rotatable bonds is 1. The fourth-order valence-electron chi connectivity index (χ4n) is 1.53. The summed E-state index contributed by atoms with van der Waals surface area (Å²) in [6, 6.07) is 5.04. The van der Waals surface area contributed by atoms with E-state index < -0.39 is 5.97 Å². The maximum atomic E-state index is 11.9. The van der Waals surface area contributed by atoms with E-state index in [1.54, 1.807) is 24.4 Å². The van der Waals surface area contributed by atoms with Gasteiger partial charge in [-0.25, -0.2) is 4.79 Å². The summed E-state index contributed by atoms with van der Waals surface area (Å²) in [6.45, 7) is 0. The van der Waals surface area contributed by atoms with Gasteiger partial charge in [-0.05, 0) is 12.1 Å². The smallest absolute Gasteiger partial charge is 0.354 e. The summed E-state index contributed by atoms with van der Waals surface area (Å²) in [5.41, 5.74) is 0.254. The maximum Gasteiger partial charge on any atom is 0.354 e. The zero-order valence-corrected chi connectivity index (χ0v) is 8.93. The second-order valence-electron chi connectivity index (χ2n) is 3.33. The summed E-state index contributed by atoms with van der Waals surface area (Å²) in [5.74, 6) is -0.537. The number of esters is 1. The monoisotopic (exact) mass is 218 g/mol. The van der Waals surface area contributed by atoms with Gasteiger partial charge >= 0.3 is 5.97 Å². The van der Waals surface area contributed by atoms with E-state index in [0.29, 0.717) is 10.9 Å². The number of hydrogen-bond acceptors (Lipinski definition) is 4. The van der Waals surface area contributed by atoms with Crippen molar-refractivity contribution >= 4 is 16.9 Å². The molecule has 5 nitrogen and oxygen atoms in total. The van der Waals surface area contributed by atoms with Crippen LogP contribution in [-0.2, 0) is 11.8 Å². The van der Waals surface area contributed by atoms with Crippen molar-refractivity contribution in [2.75, 3.05) is 7.11 Å². The molecule has 0 fully saturated rings. The number of aromatic nitrogens is 2. The first-order valence-corrected chi connectivity index (χ1v) is 4.68. The predicted molar refractivity (Wildman–Crippen MR) is 58.3 cm³/mol. The van der Waals surface area contributed by atoms with Crippen LogP contribution in [0.5, 0.6) is 0 Å². The van der Waals surface area contributed by atoms with Gasteiger partial charge < -0.3 is 9.30 Å². The molecule has 2 aromatic rings. The van der Waals surface area contributed by atoms with Crippen LogP contribution in [0.15, 0.2) is 29.2 Å². The average Bonchev–Trinajstić information content (AvgIpc) is 2.33. The second-order valence-corrected chi connectivity index (χ2v) is 3.33. The number of methoxy groups -OCH3 is 1. The molecule has 0 saturated heterocycles. The number of pyridine rings is 2. The van der Waals surface area contributed by atoms with Crippen molar-refractivity contribution in [2.45, 2.75) is 0 Å². The fourth-order valence-corrected chi connectivity index (χ4v) is 1.53. The third kappa shape index (κ3) is 1.46. The molecule has 0 bridgehead atoms. The Kier molecular flexibility index (Phi) is 2.44. The lowest BCUT2D eigenvalue weighted by Gasteiger charge is -2.07. The first-order valence-electron chi connectivity index (χ1n) is 4.68. The molecular weight excluding hydrogens is 208 g/mol. The van der Waals surface area contributed by atoms with Crippen LogP contribution in [0.2, 0.25) is 0 Å². The second kappa shape index (κ2) is 3.77. The standard InChI is InChI=1S/C11H10N2O3/c1-13-8(11(15)16-2)6-7-4-3-5-12-9(7)10(13)14/h3-6H,1-2H3. The summed E-state index contributed by atoms with van der Waals surface area (Å²) in [7, 11) is 2.79. The van der Waals surface area contributed by atoms with Gasteiger partial charge in [0.2, 0.25) is 0 Å². The summed E-state index contributed by atoms with van der Waals surface area (Å²) < 4.78 is 5.84. The van der Waals surface area contributed by atoms with Crippen molar-refractivity contribution in [2.24, 2.45) is 7.05 Å². The van der Waals surface area contributed by atoms with Crippen molar-refractivity contribution in [3.63, 3.8) is 0 Å². The molecule has 2 heterocycles. The van der Waals surface area contributed by atoms with E-state index >= 15 is 0 Å². The molecule has 2 rings (SSSR count). The molecule has 0 aliphatic heterocycles. The Labute approximate surface area is 91.3 Å². The van der Waals surface area contributed by atoms with Crippen molar-refractivity contribution < 1.29 is 9.53 Å². The molecule has 0 N–H and O–H groups in total. The Hall–Kier alpha value is -2.17. The van der Waals surface area contributed by atoms with E-state index in [9.17, 15) is 9.59 Å². The summed E-state index contributed by atoms with van der Waals surface area (Å²) in [4.78, 5) is 27.3. The van der Waals surface area contributed by atoms with Crippen LogP contribution >= 0.6 is 0 Å². The third-order valence-corrected chi connectivity index (χ3v) is 2.39. The molecule has 0 unspecified atom stereocenters. The van der Waals surface area contributed by atoms with E-state index in [1.165, 1.54) is 18.7 Å². The Morgan fingerprint density at radius 3 is 2.94 bits per heavy atom. The van der Waals surface area contributed by atoms with Crippen molar-refractivity contribution in [1.82, 2.24) is 9.55 Å². The van der Waals surface area contributed by atoms with Gasteiger partial charge in [0.05, 0.1) is 7.11 Å². The highest BCUT2D eigenvalue weighted by Gasteiger charge is 2.13. The Balaban J connectivity index is 2.84. The highest BCUT2D eigenvalue weighted by atomic mass is 16.5. The summed E-state index contributed by atoms with van der Waals surface area (Å²) >= 11 is 0. The molecule has 0 spiro atoms. The number of fused-ring (bicyclic) bond motifs is 1. The molecule has 0 saturated carbocycles. The molecule has 82 valence electrons. The first kappa shape index (κ1) is 10.4. The third-order valence-electron chi connectivity index (χ3n) is 2.39. The molecular formula is C11H10N2O3. The van der Waals surface area contributed by atoms with Gasteiger partial charge in [0.15, 0.2) is 0 Å². The highest BCUT2D eigenvalue weighted by Crippen LogP contribution is 2.09. The molecule has 16 heavy (non-hydrogen) atoms. The van der Waals surface area contributed by atoms with Crippen molar-refractivity contribution in [1.29, 1.82) is 0 Å². The van der Waals surface area contributed by atoms with Gasteiger partial charge in [0.25, 0.3) is 5.56 Å². The maximum absolute atomic E-state index is 11.9. The fraction of sp³-hybridized carbons (Fsp3) is 0.182. The minimum absolute atomic E-state index is 0.216. The van der Waals surface area contributed by atoms with E-state index in [1.807, 2.05) is 0 Å². The molecule has 0 aliphatic carbocycles. The molecule has 5 heteroatoms. The van der Waals surface area contributed by atoms with E-state index in [4.69, 9.17) is 0 Å². The van der Waals surface area contributed by atoms with Crippen LogP contribution in [0.1, 0.15) is 10.5 Å². The van der Waals surface area contributed by atoms with Gasteiger partial charge in [-0.1, -0.05) is 6.07 Å². The van der Waals surface area contributed by atoms with Gasteiger partial charge in [-0.3, -0.25) is 9.78 Å². The minimum atomic E-state index is -0.537. The van der Waals surface area contributed by atoms with Crippen LogP contribution in [0.3, 0.4) is 0 Å². The topological polar surface area (TPSA) is 61.2 Å². The Morgan fingerprint density at radius 2 is 2.25 bits per heavy atom. The molecule has 0 radical (unpaired) electrons. The predicted octanol–water partition coefficient (Wildman–Crippen LogP) is 0.720. The number of carbonyl (C=O) groups is 1. The van der Waals surface area contributed by atoms with Crippen LogP contribution in [0.4, 0.5) is 0 Å². The minimum Gasteiger partial charge on any atom is -0.464 e. The number of ether oxygens (including phenoxy) is 1. The summed E-state index contributed by atoms with van der Waals surface area (Å²) in [5, 5.41) is 0.631. The number of nitrogens with zero attached hydrogens (tertiary/aromatic N) is 2. The molecule has 0 aliphatic rings. The largest absolute Gasteiger partial charge is 0.464 e. The summed E-state index contributed by atoms with van der Waals surface area (Å²) in [6.07, 6.45) is 1.54. The van der Waals surface area contributed by atoms with E-state index in [2.05, 4.69) is 9.72 Å². The van der Waals surface area contributed by atoms with E-state index in [0.717, 1.165) is 0 Å². The number of hydrogen-bond donors (Lipinski definition) is 0. The highest BCUT2D eigenvalue weighted by molar-refractivity contribution is 5.92. The lowest BCUT2D eigenvalue weighted by molar-refractivity contribution is 0.0588. The number of carbonyl (C=O) groups excluding carboxylic acids is 1. The van der Waals surface area contributed by atoms with Gasteiger partial charge in [-0.15, -0.1) is 0 Å². The van der Waals surface area contributed by atoms with E-state index in [-0.39, 0.29) is 11.3 Å². The Morgan fingerprint density at radius 1 is 1.50 bits per heavy atom. The lowest BCUT2D eigenvalue weighted by Crippen LogP contribution is -2.24. The van der Waals surface area contributed by atoms with Crippen molar-refractivity contribution in [3.8, 4) is 0 Å². The normalized spacial score (nSPS) is 10.4. The van der Waals surface area contributed by atoms with Crippen LogP contribution < -0.4 is 5.56 Å². The van der Waals surface area contributed by atoms with Crippen LogP contribution in [0, 0.1) is 0 Å². The zero-order chi connectivity index (χ0) is 11.7. The Bertz CT molecular complexity index is 616. The molecule has 2 aromatic heterocycles.